The van der Waals surface area contributed by atoms with Gasteiger partial charge in [0.2, 0.25) is 5.89 Å². The molecule has 0 saturated heterocycles. The predicted molar refractivity (Wildman–Crippen MR) is 58.8 cm³/mol. The fraction of sp³-hybridized carbons (Fsp3) is 0.700. The molecular weight excluding hydrogens is 208 g/mol. The first-order valence-electron chi connectivity index (χ1n) is 5.56. The van der Waals surface area contributed by atoms with Crippen molar-refractivity contribution in [3.8, 4) is 0 Å². The molecule has 90 valence electrons. The van der Waals surface area contributed by atoms with Gasteiger partial charge < -0.3 is 15.6 Å². The minimum absolute atomic E-state index is 0.0452. The van der Waals surface area contributed by atoms with Crippen molar-refractivity contribution in [3.63, 3.8) is 0 Å². The Kier molecular flexibility index (Phi) is 4.91. The third-order valence-electron chi connectivity index (χ3n) is 2.17. The van der Waals surface area contributed by atoms with Crippen molar-refractivity contribution in [2.24, 2.45) is 5.73 Å². The maximum Gasteiger partial charge on any atom is 0.292 e. The van der Waals surface area contributed by atoms with Gasteiger partial charge in [0.1, 0.15) is 0 Å². The van der Waals surface area contributed by atoms with Crippen LogP contribution in [0.5, 0.6) is 0 Å². The Morgan fingerprint density at radius 1 is 1.56 bits per heavy atom. The number of hydrogen-bond donors (Lipinski definition) is 2. The summed E-state index contributed by atoms with van der Waals surface area (Å²) in [5.41, 5.74) is 5.84. The first kappa shape index (κ1) is 12.6. The molecule has 1 rings (SSSR count). The van der Waals surface area contributed by atoms with E-state index in [1.54, 1.807) is 0 Å². The van der Waals surface area contributed by atoms with Gasteiger partial charge in [-0.2, -0.15) is 4.98 Å². The molecule has 0 radical (unpaired) electrons. The van der Waals surface area contributed by atoms with E-state index in [4.69, 9.17) is 10.3 Å². The smallest absolute Gasteiger partial charge is 0.292 e. The van der Waals surface area contributed by atoms with Crippen LogP contribution in [0.25, 0.3) is 0 Å². The van der Waals surface area contributed by atoms with Gasteiger partial charge in [-0.05, 0) is 13.3 Å². The Balaban J connectivity index is 2.59. The molecule has 0 saturated carbocycles. The minimum atomic E-state index is -0.333. The van der Waals surface area contributed by atoms with Crippen LogP contribution in [0.4, 0.5) is 0 Å². The lowest BCUT2D eigenvalue weighted by Crippen LogP contribution is -2.24. The quantitative estimate of drug-likeness (QED) is 0.755. The summed E-state index contributed by atoms with van der Waals surface area (Å²) in [5.74, 6) is 0.0405. The topological polar surface area (TPSA) is 94.0 Å². The Morgan fingerprint density at radius 3 is 2.94 bits per heavy atom. The van der Waals surface area contributed by atoms with Gasteiger partial charge in [-0.3, -0.25) is 4.79 Å². The summed E-state index contributed by atoms with van der Waals surface area (Å²) >= 11 is 0. The van der Waals surface area contributed by atoms with Gasteiger partial charge in [0.25, 0.3) is 11.7 Å². The summed E-state index contributed by atoms with van der Waals surface area (Å²) in [4.78, 5) is 15.3. The van der Waals surface area contributed by atoms with Gasteiger partial charge in [-0.25, -0.2) is 0 Å². The number of rotatable bonds is 6. The summed E-state index contributed by atoms with van der Waals surface area (Å²) in [7, 11) is 0. The largest absolute Gasteiger partial charge is 0.349 e. The normalized spacial score (nSPS) is 12.4. The number of nitrogens with two attached hydrogens (primary N) is 1. The molecule has 1 aromatic rings. The Morgan fingerprint density at radius 2 is 2.31 bits per heavy atom. The molecule has 1 unspecified atom stereocenters. The summed E-state index contributed by atoms with van der Waals surface area (Å²) in [6, 6.07) is -0.282. The van der Waals surface area contributed by atoms with Gasteiger partial charge in [-0.15, -0.1) is 0 Å². The molecule has 0 bridgehead atoms. The molecule has 1 heterocycles. The van der Waals surface area contributed by atoms with E-state index in [2.05, 4.69) is 22.4 Å². The highest BCUT2D eigenvalue weighted by Crippen LogP contribution is 2.14. The molecule has 0 aliphatic rings. The highest BCUT2D eigenvalue weighted by molar-refractivity contribution is 5.90. The lowest BCUT2D eigenvalue weighted by Gasteiger charge is -2.03. The van der Waals surface area contributed by atoms with Crippen LogP contribution in [-0.4, -0.2) is 22.6 Å². The molecule has 6 heteroatoms. The standard InChI is InChI=1S/C10H18N4O2/c1-3-5-6-7(11)10-13-8(14-16-10)9(15)12-4-2/h7H,3-6,11H2,1-2H3,(H,12,15). The molecule has 0 aliphatic heterocycles. The number of unbranched alkanes of at least 4 members (excludes halogenated alkanes) is 1. The molecule has 0 aromatic carbocycles. The fourth-order valence-electron chi connectivity index (χ4n) is 1.27. The Bertz CT molecular complexity index is 337. The van der Waals surface area contributed by atoms with Gasteiger partial charge in [0, 0.05) is 6.54 Å². The van der Waals surface area contributed by atoms with Crippen molar-refractivity contribution in [3.05, 3.63) is 11.7 Å². The predicted octanol–water partition coefficient (Wildman–Crippen LogP) is 1.01. The van der Waals surface area contributed by atoms with Crippen LogP contribution in [0.2, 0.25) is 0 Å². The fourth-order valence-corrected chi connectivity index (χ4v) is 1.27. The van der Waals surface area contributed by atoms with E-state index in [0.717, 1.165) is 19.3 Å². The number of carbonyl (C=O) groups excluding carboxylic acids is 1. The SMILES string of the molecule is CCCCC(N)c1nc(C(=O)NCC)no1. The molecule has 0 spiro atoms. The number of nitrogens with one attached hydrogen (secondary N) is 1. The molecule has 6 nitrogen and oxygen atoms in total. The van der Waals surface area contributed by atoms with Gasteiger partial charge in [0.15, 0.2) is 0 Å². The average molecular weight is 226 g/mol. The summed E-state index contributed by atoms with van der Waals surface area (Å²) in [5, 5.41) is 6.18. The van der Waals surface area contributed by atoms with Gasteiger partial charge in [0.05, 0.1) is 6.04 Å². The second-order valence-corrected chi connectivity index (χ2v) is 3.56. The molecule has 1 amide bonds. The van der Waals surface area contributed by atoms with Crippen LogP contribution in [-0.2, 0) is 0 Å². The average Bonchev–Trinajstić information content (AvgIpc) is 2.75. The van der Waals surface area contributed by atoms with E-state index in [0.29, 0.717) is 12.4 Å². The second kappa shape index (κ2) is 6.22. The van der Waals surface area contributed by atoms with Crippen LogP contribution in [0.15, 0.2) is 4.52 Å². The molecule has 16 heavy (non-hydrogen) atoms. The van der Waals surface area contributed by atoms with E-state index in [1.807, 2.05) is 6.92 Å². The van der Waals surface area contributed by atoms with Crippen molar-refractivity contribution >= 4 is 5.91 Å². The van der Waals surface area contributed by atoms with Crippen molar-refractivity contribution < 1.29 is 9.32 Å². The van der Waals surface area contributed by atoms with Crippen molar-refractivity contribution in [1.29, 1.82) is 0 Å². The van der Waals surface area contributed by atoms with Crippen LogP contribution in [0, 0.1) is 0 Å². The lowest BCUT2D eigenvalue weighted by molar-refractivity contribution is 0.0942. The number of carbonyl (C=O) groups is 1. The zero-order valence-corrected chi connectivity index (χ0v) is 9.69. The Hall–Kier alpha value is -1.43. The third-order valence-corrected chi connectivity index (χ3v) is 2.17. The zero-order valence-electron chi connectivity index (χ0n) is 9.69. The number of amides is 1. The molecular formula is C10H18N4O2. The summed E-state index contributed by atoms with van der Waals surface area (Å²) < 4.78 is 4.94. The van der Waals surface area contributed by atoms with Crippen molar-refractivity contribution in [1.82, 2.24) is 15.5 Å². The first-order valence-corrected chi connectivity index (χ1v) is 5.56. The maximum absolute atomic E-state index is 11.4. The number of aromatic nitrogens is 2. The number of hydrogen-bond acceptors (Lipinski definition) is 5. The van der Waals surface area contributed by atoms with Crippen molar-refractivity contribution in [2.45, 2.75) is 39.2 Å². The van der Waals surface area contributed by atoms with E-state index in [9.17, 15) is 4.79 Å². The van der Waals surface area contributed by atoms with Crippen LogP contribution < -0.4 is 11.1 Å². The second-order valence-electron chi connectivity index (χ2n) is 3.56. The molecule has 1 aromatic heterocycles. The molecule has 0 fully saturated rings. The molecule has 1 atom stereocenters. The minimum Gasteiger partial charge on any atom is -0.349 e. The number of nitrogens with zero attached hydrogens (tertiary/aromatic N) is 2. The van der Waals surface area contributed by atoms with E-state index in [1.165, 1.54) is 0 Å². The highest BCUT2D eigenvalue weighted by atomic mass is 16.5. The van der Waals surface area contributed by atoms with Crippen LogP contribution in [0.1, 0.15) is 55.7 Å². The summed E-state index contributed by atoms with van der Waals surface area (Å²) in [6.45, 7) is 4.44. The van der Waals surface area contributed by atoms with E-state index < -0.39 is 0 Å². The van der Waals surface area contributed by atoms with E-state index in [-0.39, 0.29) is 17.8 Å². The summed E-state index contributed by atoms with van der Waals surface area (Å²) in [6.07, 6.45) is 2.85. The Labute approximate surface area is 94.6 Å². The zero-order chi connectivity index (χ0) is 12.0. The monoisotopic (exact) mass is 226 g/mol. The van der Waals surface area contributed by atoms with Crippen LogP contribution in [0.3, 0.4) is 0 Å². The molecule has 3 N–H and O–H groups in total. The highest BCUT2D eigenvalue weighted by Gasteiger charge is 2.17. The first-order chi connectivity index (χ1) is 7.69. The van der Waals surface area contributed by atoms with E-state index >= 15 is 0 Å². The van der Waals surface area contributed by atoms with Gasteiger partial charge in [-0.1, -0.05) is 24.9 Å². The maximum atomic E-state index is 11.4. The third kappa shape index (κ3) is 3.30. The molecule has 0 aliphatic carbocycles. The van der Waals surface area contributed by atoms with Gasteiger partial charge >= 0.3 is 0 Å². The van der Waals surface area contributed by atoms with Crippen LogP contribution >= 0.6 is 0 Å². The lowest BCUT2D eigenvalue weighted by atomic mass is 10.1. The van der Waals surface area contributed by atoms with Crippen molar-refractivity contribution in [2.75, 3.05) is 6.54 Å².